The number of hydrogen-bond acceptors (Lipinski definition) is 1. The largest absolute Gasteiger partial charge is 0.497 e. The first kappa shape index (κ1) is 12.2. The van der Waals surface area contributed by atoms with Crippen LogP contribution in [0.4, 0.5) is 0 Å². The summed E-state index contributed by atoms with van der Waals surface area (Å²) < 4.78 is 5.24. The Balaban J connectivity index is 2.07. The third-order valence-corrected chi connectivity index (χ3v) is 7.59. The van der Waals surface area contributed by atoms with Crippen molar-refractivity contribution in [2.45, 2.75) is 13.1 Å². The van der Waals surface area contributed by atoms with Crippen molar-refractivity contribution in [3.63, 3.8) is 0 Å². The molecule has 0 saturated carbocycles. The Labute approximate surface area is 115 Å². The molecule has 1 aliphatic rings. The normalized spacial score (nSPS) is 15.8. The first-order valence-electron chi connectivity index (χ1n) is 6.59. The van der Waals surface area contributed by atoms with Crippen LogP contribution in [0.25, 0.3) is 11.3 Å². The van der Waals surface area contributed by atoms with Gasteiger partial charge in [-0.3, -0.25) is 0 Å². The Hall–Kier alpha value is -1.80. The molecular weight excluding hydrogens is 248 g/mol. The molecule has 0 radical (unpaired) electrons. The minimum absolute atomic E-state index is 0.916. The van der Waals surface area contributed by atoms with Crippen molar-refractivity contribution in [1.82, 2.24) is 0 Å². The van der Waals surface area contributed by atoms with E-state index < -0.39 is 8.07 Å². The Morgan fingerprint density at radius 1 is 0.895 bits per heavy atom. The number of rotatable bonds is 2. The lowest BCUT2D eigenvalue weighted by atomic mass is 10.1. The fourth-order valence-corrected chi connectivity index (χ4v) is 5.97. The molecule has 0 saturated heterocycles. The Bertz CT molecular complexity index is 639. The van der Waals surface area contributed by atoms with Gasteiger partial charge >= 0.3 is 0 Å². The van der Waals surface area contributed by atoms with Gasteiger partial charge < -0.3 is 4.74 Å². The lowest BCUT2D eigenvalue weighted by molar-refractivity contribution is 0.415. The van der Waals surface area contributed by atoms with Crippen LogP contribution in [-0.2, 0) is 0 Å². The Morgan fingerprint density at radius 3 is 2.21 bits per heavy atom. The van der Waals surface area contributed by atoms with Crippen LogP contribution >= 0.6 is 0 Å². The molecule has 2 heteroatoms. The van der Waals surface area contributed by atoms with Crippen molar-refractivity contribution in [2.24, 2.45) is 0 Å². The third kappa shape index (κ3) is 1.92. The summed E-state index contributed by atoms with van der Waals surface area (Å²) in [5.74, 6) is 0.916. The Morgan fingerprint density at radius 2 is 1.58 bits per heavy atom. The van der Waals surface area contributed by atoms with Crippen molar-refractivity contribution >= 4 is 24.5 Å². The van der Waals surface area contributed by atoms with Gasteiger partial charge in [0.15, 0.2) is 0 Å². The molecule has 0 N–H and O–H groups in total. The molecule has 0 spiro atoms. The average molecular weight is 266 g/mol. The maximum Gasteiger partial charge on any atom is 0.118 e. The van der Waals surface area contributed by atoms with Gasteiger partial charge in [-0.05, 0) is 33.6 Å². The van der Waals surface area contributed by atoms with Gasteiger partial charge in [0.2, 0.25) is 0 Å². The summed E-state index contributed by atoms with van der Waals surface area (Å²) in [6.45, 7) is 4.85. The molecule has 19 heavy (non-hydrogen) atoms. The van der Waals surface area contributed by atoms with E-state index in [1.54, 1.807) is 12.3 Å². The highest BCUT2D eigenvalue weighted by Crippen LogP contribution is 2.34. The van der Waals surface area contributed by atoms with Crippen LogP contribution in [0.2, 0.25) is 13.1 Å². The maximum atomic E-state index is 5.24. The lowest BCUT2D eigenvalue weighted by Crippen LogP contribution is -2.40. The summed E-state index contributed by atoms with van der Waals surface area (Å²) >= 11 is 0. The van der Waals surface area contributed by atoms with Gasteiger partial charge in [0, 0.05) is 0 Å². The van der Waals surface area contributed by atoms with Crippen LogP contribution in [0.5, 0.6) is 5.75 Å². The SMILES string of the molecule is COc1ccc(C2=Cc3ccccc3[Si]2(C)C)cc1. The van der Waals surface area contributed by atoms with E-state index in [1.807, 2.05) is 12.1 Å². The zero-order chi connectivity index (χ0) is 13.5. The molecule has 1 heterocycles. The van der Waals surface area contributed by atoms with Crippen LogP contribution in [0.1, 0.15) is 11.1 Å². The summed E-state index contributed by atoms with van der Waals surface area (Å²) in [5, 5.41) is 3.05. The molecule has 0 bridgehead atoms. The second-order valence-corrected chi connectivity index (χ2v) is 9.83. The van der Waals surface area contributed by atoms with E-state index in [4.69, 9.17) is 4.74 Å². The molecule has 0 aliphatic carbocycles. The van der Waals surface area contributed by atoms with Gasteiger partial charge in [-0.25, -0.2) is 0 Å². The number of methoxy groups -OCH3 is 1. The maximum absolute atomic E-state index is 5.24. The first-order valence-corrected chi connectivity index (χ1v) is 9.59. The molecule has 2 aromatic carbocycles. The molecule has 1 nitrogen and oxygen atoms in total. The minimum atomic E-state index is -1.54. The zero-order valence-corrected chi connectivity index (χ0v) is 12.6. The molecule has 0 aromatic heterocycles. The van der Waals surface area contributed by atoms with Gasteiger partial charge in [-0.2, -0.15) is 0 Å². The summed E-state index contributed by atoms with van der Waals surface area (Å²) in [4.78, 5) is 0. The highest BCUT2D eigenvalue weighted by Gasteiger charge is 2.35. The number of ether oxygens (including phenoxy) is 1. The number of fused-ring (bicyclic) bond motifs is 1. The van der Waals surface area contributed by atoms with Gasteiger partial charge in [-0.1, -0.05) is 55.6 Å². The third-order valence-electron chi connectivity index (χ3n) is 4.01. The highest BCUT2D eigenvalue weighted by molar-refractivity contribution is 7.07. The second-order valence-electron chi connectivity index (χ2n) is 5.50. The summed E-state index contributed by atoms with van der Waals surface area (Å²) in [7, 11) is 0.168. The van der Waals surface area contributed by atoms with Crippen LogP contribution in [-0.4, -0.2) is 15.2 Å². The van der Waals surface area contributed by atoms with Crippen LogP contribution in [0.15, 0.2) is 48.5 Å². The quantitative estimate of drug-likeness (QED) is 0.753. The van der Waals surface area contributed by atoms with E-state index in [9.17, 15) is 0 Å². The molecule has 0 amide bonds. The molecule has 0 fully saturated rings. The van der Waals surface area contributed by atoms with Crippen molar-refractivity contribution in [2.75, 3.05) is 7.11 Å². The van der Waals surface area contributed by atoms with E-state index in [-0.39, 0.29) is 0 Å². The smallest absolute Gasteiger partial charge is 0.118 e. The average Bonchev–Trinajstić information content (AvgIpc) is 2.71. The van der Waals surface area contributed by atoms with Crippen molar-refractivity contribution in [3.8, 4) is 5.75 Å². The molecule has 3 rings (SSSR count). The molecule has 96 valence electrons. The first-order chi connectivity index (χ1) is 9.13. The van der Waals surface area contributed by atoms with Gasteiger partial charge in [-0.15, -0.1) is 0 Å². The number of hydrogen-bond donors (Lipinski definition) is 0. The molecule has 0 unspecified atom stereocenters. The van der Waals surface area contributed by atoms with E-state index in [0.29, 0.717) is 0 Å². The standard InChI is InChI=1S/C17H18OSi/c1-18-15-10-8-13(9-11-15)17-12-14-6-4-5-7-16(14)19(17,2)3/h4-12H,1-3H3. The predicted molar refractivity (Wildman–Crippen MR) is 84.4 cm³/mol. The van der Waals surface area contributed by atoms with E-state index in [1.165, 1.54) is 16.3 Å². The van der Waals surface area contributed by atoms with E-state index in [0.717, 1.165) is 5.75 Å². The topological polar surface area (TPSA) is 9.23 Å². The van der Waals surface area contributed by atoms with Crippen molar-refractivity contribution in [1.29, 1.82) is 0 Å². The van der Waals surface area contributed by atoms with Crippen molar-refractivity contribution in [3.05, 3.63) is 59.7 Å². The van der Waals surface area contributed by atoms with Crippen molar-refractivity contribution < 1.29 is 4.74 Å². The zero-order valence-electron chi connectivity index (χ0n) is 11.6. The predicted octanol–water partition coefficient (Wildman–Crippen LogP) is 3.70. The van der Waals surface area contributed by atoms with Crippen LogP contribution < -0.4 is 9.92 Å². The van der Waals surface area contributed by atoms with Crippen LogP contribution in [0.3, 0.4) is 0 Å². The highest BCUT2D eigenvalue weighted by atomic mass is 28.3. The molecule has 0 atom stereocenters. The Kier molecular flexibility index (Phi) is 2.83. The fraction of sp³-hybridized carbons (Fsp3) is 0.176. The van der Waals surface area contributed by atoms with E-state index in [2.05, 4.69) is 55.6 Å². The molecule has 2 aromatic rings. The van der Waals surface area contributed by atoms with E-state index >= 15 is 0 Å². The summed E-state index contributed by atoms with van der Waals surface area (Å²) in [6, 6.07) is 17.2. The lowest BCUT2D eigenvalue weighted by Gasteiger charge is -2.22. The monoisotopic (exact) mass is 266 g/mol. The van der Waals surface area contributed by atoms with Gasteiger partial charge in [0.05, 0.1) is 7.11 Å². The van der Waals surface area contributed by atoms with Gasteiger partial charge in [0.1, 0.15) is 13.8 Å². The number of benzene rings is 2. The summed E-state index contributed by atoms with van der Waals surface area (Å²) in [5.41, 5.74) is 2.72. The molecule has 1 aliphatic heterocycles. The molecular formula is C17H18OSi. The fourth-order valence-electron chi connectivity index (χ4n) is 2.89. The summed E-state index contributed by atoms with van der Waals surface area (Å²) in [6.07, 6.45) is 2.36. The van der Waals surface area contributed by atoms with Gasteiger partial charge in [0.25, 0.3) is 0 Å². The minimum Gasteiger partial charge on any atom is -0.497 e. The van der Waals surface area contributed by atoms with Crippen LogP contribution in [0, 0.1) is 0 Å². The second kappa shape index (κ2) is 4.39.